The van der Waals surface area contributed by atoms with Gasteiger partial charge in [-0.3, -0.25) is 4.79 Å². The van der Waals surface area contributed by atoms with Crippen molar-refractivity contribution in [1.82, 2.24) is 14.2 Å². The molecule has 0 atom stereocenters. The van der Waals surface area contributed by atoms with Gasteiger partial charge >= 0.3 is 0 Å². The number of carbonyl (C=O) groups is 1. The van der Waals surface area contributed by atoms with E-state index in [9.17, 15) is 13.2 Å². The number of carbonyl (C=O) groups excluding carboxylic acids is 1. The maximum Gasteiger partial charge on any atom is 0.289 e. The fourth-order valence-corrected chi connectivity index (χ4v) is 4.79. The highest BCUT2D eigenvalue weighted by atomic mass is 32.2. The van der Waals surface area contributed by atoms with Crippen LogP contribution in [0.1, 0.15) is 23.4 Å². The van der Waals surface area contributed by atoms with E-state index in [1.54, 1.807) is 30.1 Å². The first-order valence-electron chi connectivity index (χ1n) is 8.34. The molecule has 2 aromatic heterocycles. The van der Waals surface area contributed by atoms with Crippen molar-refractivity contribution in [3.05, 3.63) is 42.5 Å². The molecular weight excluding hydrogens is 358 g/mol. The van der Waals surface area contributed by atoms with Crippen LogP contribution in [0.5, 0.6) is 5.88 Å². The molecule has 0 radical (unpaired) electrons. The van der Waals surface area contributed by atoms with E-state index in [4.69, 9.17) is 9.15 Å². The Morgan fingerprint density at radius 1 is 1.23 bits per heavy atom. The first-order valence-corrected chi connectivity index (χ1v) is 9.78. The Morgan fingerprint density at radius 3 is 2.69 bits per heavy atom. The molecule has 4 heterocycles. The van der Waals surface area contributed by atoms with Crippen molar-refractivity contribution in [1.29, 1.82) is 0 Å². The van der Waals surface area contributed by atoms with Gasteiger partial charge in [0.15, 0.2) is 5.76 Å². The molecule has 0 saturated carbocycles. The number of rotatable bonds is 1. The molecule has 26 heavy (non-hydrogen) atoms. The fourth-order valence-electron chi connectivity index (χ4n) is 3.48. The normalized spacial score (nSPS) is 21.7. The summed E-state index contributed by atoms with van der Waals surface area (Å²) in [6.07, 6.45) is 4.00. The summed E-state index contributed by atoms with van der Waals surface area (Å²) in [4.78, 5) is 18.3. The standard InChI is InChI=1S/C17H19N3O5S/c1-19-12-17(25-15-14(26(19,22)23)5-2-8-18-15)6-9-20(10-7-17)16(21)13-4-3-11-24-13/h2-5,8,11H,6-7,9-10,12H2,1H3. The number of furan rings is 1. The number of aromatic nitrogens is 1. The SMILES string of the molecule is CN1CC2(CCN(C(=O)c3ccco3)CC2)Oc2ncccc2S1(=O)=O. The molecule has 0 N–H and O–H groups in total. The molecule has 4 rings (SSSR count). The number of piperidine rings is 1. The molecule has 1 fully saturated rings. The summed E-state index contributed by atoms with van der Waals surface area (Å²) in [5.74, 6) is 0.259. The fraction of sp³-hybridized carbons (Fsp3) is 0.412. The highest BCUT2D eigenvalue weighted by molar-refractivity contribution is 7.89. The van der Waals surface area contributed by atoms with Crippen LogP contribution < -0.4 is 4.74 Å². The minimum Gasteiger partial charge on any atom is -0.469 e. The van der Waals surface area contributed by atoms with Gasteiger partial charge in [-0.05, 0) is 24.3 Å². The van der Waals surface area contributed by atoms with Crippen molar-refractivity contribution in [3.63, 3.8) is 0 Å². The number of hydrogen-bond donors (Lipinski definition) is 0. The van der Waals surface area contributed by atoms with Crippen LogP contribution in [0.25, 0.3) is 0 Å². The first-order chi connectivity index (χ1) is 12.4. The quantitative estimate of drug-likeness (QED) is 0.745. The number of ether oxygens (including phenoxy) is 1. The summed E-state index contributed by atoms with van der Waals surface area (Å²) in [6.45, 7) is 1.12. The third-order valence-electron chi connectivity index (χ3n) is 4.94. The summed E-state index contributed by atoms with van der Waals surface area (Å²) in [7, 11) is -2.10. The number of sulfonamides is 1. The Hall–Kier alpha value is -2.39. The molecule has 1 spiro atoms. The number of fused-ring (bicyclic) bond motifs is 1. The Bertz CT molecular complexity index is 918. The molecule has 2 aromatic rings. The average Bonchev–Trinajstić information content (AvgIpc) is 3.14. The smallest absolute Gasteiger partial charge is 0.289 e. The van der Waals surface area contributed by atoms with Crippen LogP contribution >= 0.6 is 0 Å². The van der Waals surface area contributed by atoms with Crippen molar-refractivity contribution >= 4 is 15.9 Å². The molecule has 2 aliphatic rings. The molecular formula is C17H19N3O5S. The molecule has 1 amide bonds. The Morgan fingerprint density at radius 2 is 2.00 bits per heavy atom. The minimum absolute atomic E-state index is 0.0773. The van der Waals surface area contributed by atoms with E-state index in [0.717, 1.165) is 0 Å². The number of amides is 1. The van der Waals surface area contributed by atoms with Crippen molar-refractivity contribution < 1.29 is 22.4 Å². The molecule has 2 aliphatic heterocycles. The molecule has 0 aromatic carbocycles. The zero-order chi connectivity index (χ0) is 18.4. The highest BCUT2D eigenvalue weighted by Crippen LogP contribution is 2.37. The Balaban J connectivity index is 1.58. The van der Waals surface area contributed by atoms with Crippen LogP contribution in [-0.4, -0.2) is 60.8 Å². The van der Waals surface area contributed by atoms with Gasteiger partial charge in [0.1, 0.15) is 10.5 Å². The van der Waals surface area contributed by atoms with Gasteiger partial charge in [-0.15, -0.1) is 0 Å². The van der Waals surface area contributed by atoms with Crippen LogP contribution in [-0.2, 0) is 10.0 Å². The first kappa shape index (κ1) is 17.0. The summed E-state index contributed by atoms with van der Waals surface area (Å²) in [5, 5.41) is 0. The molecule has 0 bridgehead atoms. The van der Waals surface area contributed by atoms with E-state index >= 15 is 0 Å². The van der Waals surface area contributed by atoms with E-state index in [0.29, 0.717) is 31.7 Å². The van der Waals surface area contributed by atoms with Gasteiger partial charge in [0.25, 0.3) is 5.91 Å². The number of nitrogens with zero attached hydrogens (tertiary/aromatic N) is 3. The maximum atomic E-state index is 12.7. The van der Waals surface area contributed by atoms with Gasteiger partial charge in [0.05, 0.1) is 12.8 Å². The van der Waals surface area contributed by atoms with Crippen molar-refractivity contribution in [2.45, 2.75) is 23.3 Å². The zero-order valence-electron chi connectivity index (χ0n) is 14.3. The number of likely N-dealkylation sites (tertiary alicyclic amines) is 1. The van der Waals surface area contributed by atoms with E-state index in [2.05, 4.69) is 4.98 Å². The third-order valence-corrected chi connectivity index (χ3v) is 6.76. The van der Waals surface area contributed by atoms with Crippen LogP contribution in [0, 0.1) is 0 Å². The van der Waals surface area contributed by atoms with Gasteiger partial charge in [-0.2, -0.15) is 4.31 Å². The molecule has 8 nitrogen and oxygen atoms in total. The highest BCUT2D eigenvalue weighted by Gasteiger charge is 2.45. The second-order valence-electron chi connectivity index (χ2n) is 6.62. The lowest BCUT2D eigenvalue weighted by atomic mass is 9.90. The van der Waals surface area contributed by atoms with Gasteiger partial charge in [0.2, 0.25) is 15.9 Å². The van der Waals surface area contributed by atoms with Crippen molar-refractivity contribution in [2.24, 2.45) is 0 Å². The van der Waals surface area contributed by atoms with Gasteiger partial charge in [-0.1, -0.05) is 0 Å². The molecule has 0 aliphatic carbocycles. The van der Waals surface area contributed by atoms with Gasteiger partial charge in [0, 0.05) is 39.2 Å². The number of likely N-dealkylation sites (N-methyl/N-ethyl adjacent to an activating group) is 1. The average molecular weight is 377 g/mol. The lowest BCUT2D eigenvalue weighted by Crippen LogP contribution is -2.54. The summed E-state index contributed by atoms with van der Waals surface area (Å²) >= 11 is 0. The topological polar surface area (TPSA) is 92.9 Å². The van der Waals surface area contributed by atoms with E-state index in [1.165, 1.54) is 22.8 Å². The zero-order valence-corrected chi connectivity index (χ0v) is 15.1. The Labute approximate surface area is 151 Å². The largest absolute Gasteiger partial charge is 0.469 e. The van der Waals surface area contributed by atoms with Gasteiger partial charge < -0.3 is 14.1 Å². The predicted octanol–water partition coefficient (Wildman–Crippen LogP) is 1.36. The second-order valence-corrected chi connectivity index (χ2v) is 8.64. The van der Waals surface area contributed by atoms with Gasteiger partial charge in [-0.25, -0.2) is 13.4 Å². The third kappa shape index (κ3) is 2.77. The number of pyridine rings is 1. The minimum atomic E-state index is -3.65. The van der Waals surface area contributed by atoms with Crippen LogP contribution in [0.2, 0.25) is 0 Å². The predicted molar refractivity (Wildman–Crippen MR) is 91.3 cm³/mol. The summed E-state index contributed by atoms with van der Waals surface area (Å²) in [5.41, 5.74) is -0.707. The summed E-state index contributed by atoms with van der Waals surface area (Å²) < 4.78 is 38.0. The summed E-state index contributed by atoms with van der Waals surface area (Å²) in [6, 6.07) is 6.39. The maximum absolute atomic E-state index is 12.7. The lowest BCUT2D eigenvalue weighted by Gasteiger charge is -2.41. The van der Waals surface area contributed by atoms with E-state index < -0.39 is 15.6 Å². The van der Waals surface area contributed by atoms with Crippen molar-refractivity contribution in [3.8, 4) is 5.88 Å². The molecule has 1 saturated heterocycles. The lowest BCUT2D eigenvalue weighted by molar-refractivity contribution is -0.00748. The molecule has 0 unspecified atom stereocenters. The van der Waals surface area contributed by atoms with Crippen LogP contribution in [0.15, 0.2) is 46.0 Å². The molecule has 138 valence electrons. The van der Waals surface area contributed by atoms with Crippen LogP contribution in [0.4, 0.5) is 0 Å². The second kappa shape index (κ2) is 6.10. The Kier molecular flexibility index (Phi) is 4.00. The number of hydrogen-bond acceptors (Lipinski definition) is 6. The van der Waals surface area contributed by atoms with E-state index in [-0.39, 0.29) is 23.2 Å². The molecule has 9 heteroatoms. The van der Waals surface area contributed by atoms with E-state index in [1.807, 2.05) is 0 Å². The monoisotopic (exact) mass is 377 g/mol. The van der Waals surface area contributed by atoms with Crippen LogP contribution in [0.3, 0.4) is 0 Å². The van der Waals surface area contributed by atoms with Crippen molar-refractivity contribution in [2.75, 3.05) is 26.7 Å².